The number of carbonyl (C=O) groups is 3. The first-order valence-corrected chi connectivity index (χ1v) is 9.14. The Balaban J connectivity index is 2.02. The van der Waals surface area contributed by atoms with Gasteiger partial charge in [-0.3, -0.25) is 4.79 Å². The van der Waals surface area contributed by atoms with Gasteiger partial charge in [-0.1, -0.05) is 24.1 Å². The average Bonchev–Trinajstić information content (AvgIpc) is 2.99. The number of nitrogens with one attached hydrogen (secondary N) is 1. The van der Waals surface area contributed by atoms with Crippen molar-refractivity contribution in [2.45, 2.75) is 30.4 Å². The maximum Gasteiger partial charge on any atom is 0.493 e. The average molecular weight is 477 g/mol. The molecule has 1 aromatic rings. The number of benzene rings is 1. The van der Waals surface area contributed by atoms with E-state index in [2.05, 4.69) is 31.7 Å². The highest BCUT2D eigenvalue weighted by atomic mass is 19.4. The number of hydroxylamine groups is 2. The molecule has 1 fully saturated rings. The summed E-state index contributed by atoms with van der Waals surface area (Å²) in [5, 5.41) is 2.47. The van der Waals surface area contributed by atoms with Gasteiger partial charge >= 0.3 is 24.3 Å². The number of amidine groups is 1. The number of aliphatic imine (C=N–C) groups is 1. The van der Waals surface area contributed by atoms with Gasteiger partial charge in [0.1, 0.15) is 6.10 Å². The predicted molar refractivity (Wildman–Crippen MR) is 95.9 cm³/mol. The van der Waals surface area contributed by atoms with E-state index in [-0.39, 0.29) is 18.0 Å². The molecule has 14 heteroatoms. The summed E-state index contributed by atoms with van der Waals surface area (Å²) >= 11 is 0. The molecule has 8 nitrogen and oxygen atoms in total. The Bertz CT molecular complexity index is 1040. The maximum atomic E-state index is 13.0. The van der Waals surface area contributed by atoms with Crippen LogP contribution in [0.3, 0.4) is 0 Å². The molecule has 176 valence electrons. The van der Waals surface area contributed by atoms with E-state index in [4.69, 9.17) is 0 Å². The number of nitrogens with zero attached hydrogens (tertiary/aromatic N) is 2. The molecule has 0 aliphatic carbocycles. The molecule has 1 spiro atoms. The number of rotatable bonds is 2. The minimum absolute atomic E-state index is 0.0181. The van der Waals surface area contributed by atoms with Crippen LogP contribution in [0.15, 0.2) is 35.3 Å². The van der Waals surface area contributed by atoms with Crippen LogP contribution in [0.25, 0.3) is 0 Å². The van der Waals surface area contributed by atoms with Crippen LogP contribution < -0.4 is 5.32 Å². The second kappa shape index (κ2) is 8.74. The van der Waals surface area contributed by atoms with Crippen molar-refractivity contribution >= 4 is 23.7 Å². The molecular weight excluding hydrogens is 464 g/mol. The Labute approximate surface area is 181 Å². The number of halogens is 6. The number of esters is 1. The largest absolute Gasteiger partial charge is 0.493 e. The van der Waals surface area contributed by atoms with Gasteiger partial charge in [-0.05, 0) is 31.0 Å². The fraction of sp³-hybridized carbons (Fsp3) is 0.368. The quantitative estimate of drug-likeness (QED) is 0.394. The monoisotopic (exact) mass is 477 g/mol. The SMILES string of the molecule is O=C(OC1CNCCC12N=C(C#Cc1ccccc1)N(OC(=O)C(F)(F)F)C2=O)C(F)(F)F. The standard InChI is InChI=1S/C19H13F6N3O5/c20-18(21,22)15(30)32-12-10-26-9-8-17(12)14(29)28(33-16(31)19(23,24)25)13(27-17)7-6-11-4-2-1-3-5-11/h1-5,12,26H,8-10H2. The Morgan fingerprint density at radius 2 is 1.70 bits per heavy atom. The number of amides is 1. The third-order valence-corrected chi connectivity index (χ3v) is 4.58. The van der Waals surface area contributed by atoms with E-state index in [9.17, 15) is 40.7 Å². The zero-order valence-electron chi connectivity index (χ0n) is 16.3. The molecule has 1 amide bonds. The van der Waals surface area contributed by atoms with Gasteiger partial charge in [-0.25, -0.2) is 14.6 Å². The molecule has 1 aromatic carbocycles. The topological polar surface area (TPSA) is 97.3 Å². The predicted octanol–water partition coefficient (Wildman–Crippen LogP) is 1.51. The highest BCUT2D eigenvalue weighted by Crippen LogP contribution is 2.35. The maximum absolute atomic E-state index is 13.0. The zero-order chi connectivity index (χ0) is 24.4. The lowest BCUT2D eigenvalue weighted by Gasteiger charge is -2.36. The molecule has 0 radical (unpaired) electrons. The van der Waals surface area contributed by atoms with Crippen LogP contribution in [0.4, 0.5) is 26.3 Å². The summed E-state index contributed by atoms with van der Waals surface area (Å²) in [6.45, 7) is -0.493. The Kier molecular flexibility index (Phi) is 6.37. The van der Waals surface area contributed by atoms with Crippen molar-refractivity contribution in [3.05, 3.63) is 35.9 Å². The number of alkyl halides is 6. The molecule has 2 aliphatic rings. The number of hydrogen-bond donors (Lipinski definition) is 1. The Morgan fingerprint density at radius 3 is 2.30 bits per heavy atom. The number of carbonyl (C=O) groups excluding carboxylic acids is 3. The summed E-state index contributed by atoms with van der Waals surface area (Å²) in [5.74, 6) is -2.81. The van der Waals surface area contributed by atoms with Crippen molar-refractivity contribution in [3.8, 4) is 11.8 Å². The minimum Gasteiger partial charge on any atom is -0.451 e. The summed E-state index contributed by atoms with van der Waals surface area (Å²) in [7, 11) is 0. The lowest BCUT2D eigenvalue weighted by molar-refractivity contribution is -0.226. The third-order valence-electron chi connectivity index (χ3n) is 4.58. The van der Waals surface area contributed by atoms with Crippen molar-refractivity contribution in [2.24, 2.45) is 4.99 Å². The molecule has 2 aliphatic heterocycles. The highest BCUT2D eigenvalue weighted by Gasteiger charge is 2.60. The number of ether oxygens (including phenoxy) is 1. The van der Waals surface area contributed by atoms with E-state index < -0.39 is 54.2 Å². The second-order valence-electron chi connectivity index (χ2n) is 6.80. The van der Waals surface area contributed by atoms with Crippen LogP contribution >= 0.6 is 0 Å². The van der Waals surface area contributed by atoms with Gasteiger partial charge in [0, 0.05) is 12.1 Å². The van der Waals surface area contributed by atoms with Crippen LogP contribution in [-0.2, 0) is 24.0 Å². The van der Waals surface area contributed by atoms with E-state index in [1.165, 1.54) is 12.1 Å². The highest BCUT2D eigenvalue weighted by molar-refractivity contribution is 6.15. The van der Waals surface area contributed by atoms with E-state index in [0.29, 0.717) is 5.56 Å². The van der Waals surface area contributed by atoms with Crippen LogP contribution in [-0.4, -0.2) is 65.8 Å². The van der Waals surface area contributed by atoms with Gasteiger partial charge in [0.05, 0.1) is 0 Å². The van der Waals surface area contributed by atoms with Crippen LogP contribution in [0.5, 0.6) is 0 Å². The fourth-order valence-electron chi connectivity index (χ4n) is 3.05. The van der Waals surface area contributed by atoms with E-state index in [1.54, 1.807) is 18.2 Å². The lowest BCUT2D eigenvalue weighted by Crippen LogP contribution is -2.60. The first-order chi connectivity index (χ1) is 15.3. The third kappa shape index (κ3) is 5.08. The van der Waals surface area contributed by atoms with Crippen LogP contribution in [0, 0.1) is 11.8 Å². The molecule has 3 rings (SSSR count). The normalized spacial score (nSPS) is 23.0. The smallest absolute Gasteiger partial charge is 0.451 e. The first kappa shape index (κ1) is 24.1. The summed E-state index contributed by atoms with van der Waals surface area (Å²) in [5.41, 5.74) is -1.93. The number of hydrogen-bond acceptors (Lipinski definition) is 7. The van der Waals surface area contributed by atoms with Crippen LogP contribution in [0.2, 0.25) is 0 Å². The van der Waals surface area contributed by atoms with Crippen molar-refractivity contribution in [1.82, 2.24) is 10.4 Å². The van der Waals surface area contributed by atoms with Gasteiger partial charge in [0.2, 0.25) is 5.84 Å². The Morgan fingerprint density at radius 1 is 1.06 bits per heavy atom. The van der Waals surface area contributed by atoms with Crippen molar-refractivity contribution in [3.63, 3.8) is 0 Å². The molecular formula is C19H13F6N3O5. The second-order valence-corrected chi connectivity index (χ2v) is 6.80. The van der Waals surface area contributed by atoms with Gasteiger partial charge in [0.25, 0.3) is 5.91 Å². The lowest BCUT2D eigenvalue weighted by atomic mass is 9.86. The van der Waals surface area contributed by atoms with Crippen LogP contribution in [0.1, 0.15) is 12.0 Å². The van der Waals surface area contributed by atoms with Gasteiger partial charge in [0.15, 0.2) is 5.54 Å². The molecule has 0 aromatic heterocycles. The van der Waals surface area contributed by atoms with Crippen molar-refractivity contribution in [2.75, 3.05) is 13.1 Å². The van der Waals surface area contributed by atoms with Gasteiger partial charge in [-0.2, -0.15) is 26.3 Å². The Hall–Kier alpha value is -3.60. The van der Waals surface area contributed by atoms with E-state index >= 15 is 0 Å². The summed E-state index contributed by atoms with van der Waals surface area (Å²) in [6, 6.07) is 7.88. The molecule has 1 saturated heterocycles. The summed E-state index contributed by atoms with van der Waals surface area (Å²) in [4.78, 5) is 43.8. The van der Waals surface area contributed by atoms with Gasteiger partial charge < -0.3 is 14.9 Å². The molecule has 33 heavy (non-hydrogen) atoms. The summed E-state index contributed by atoms with van der Waals surface area (Å²) < 4.78 is 80.7. The zero-order valence-corrected chi connectivity index (χ0v) is 16.3. The van der Waals surface area contributed by atoms with E-state index in [0.717, 1.165) is 0 Å². The van der Waals surface area contributed by atoms with E-state index in [1.807, 2.05) is 0 Å². The molecule has 2 heterocycles. The van der Waals surface area contributed by atoms with Gasteiger partial charge in [-0.15, -0.1) is 5.06 Å². The molecule has 1 N–H and O–H groups in total. The minimum atomic E-state index is -5.50. The fourth-order valence-corrected chi connectivity index (χ4v) is 3.05. The molecule has 0 saturated carbocycles. The summed E-state index contributed by atoms with van der Waals surface area (Å²) in [6.07, 6.45) is -13.1. The van der Waals surface area contributed by atoms with Crippen molar-refractivity contribution in [1.29, 1.82) is 0 Å². The molecule has 0 bridgehead atoms. The number of piperidine rings is 1. The molecule has 2 atom stereocenters. The van der Waals surface area contributed by atoms with Crippen molar-refractivity contribution < 1.29 is 50.3 Å². The first-order valence-electron chi connectivity index (χ1n) is 9.14. The molecule has 2 unspecified atom stereocenters.